The molecule has 4 rings (SSSR count). The number of para-hydroxylation sites is 1. The molecule has 1 aromatic heterocycles. The molecule has 0 aliphatic carbocycles. The van der Waals surface area contributed by atoms with Crippen LogP contribution in [0, 0.1) is 11.6 Å². The smallest absolute Gasteiger partial charge is 0.262 e. The zero-order valence-corrected chi connectivity index (χ0v) is 17.0. The number of thioether (sulfide) groups is 1. The van der Waals surface area contributed by atoms with E-state index in [1.54, 1.807) is 42.5 Å². The van der Waals surface area contributed by atoms with E-state index in [4.69, 9.17) is 0 Å². The van der Waals surface area contributed by atoms with E-state index in [0.717, 1.165) is 17.3 Å². The van der Waals surface area contributed by atoms with Gasteiger partial charge in [0.05, 0.1) is 23.2 Å². The van der Waals surface area contributed by atoms with E-state index < -0.39 is 5.82 Å². The maximum atomic E-state index is 13.3. The van der Waals surface area contributed by atoms with Crippen LogP contribution >= 0.6 is 11.8 Å². The molecule has 0 aliphatic heterocycles. The lowest BCUT2D eigenvalue weighted by Gasteiger charge is -2.13. The molecule has 1 amide bonds. The van der Waals surface area contributed by atoms with Crippen molar-refractivity contribution in [2.75, 3.05) is 11.1 Å². The quantitative estimate of drug-likeness (QED) is 0.358. The summed E-state index contributed by atoms with van der Waals surface area (Å²) in [5.41, 5.74) is 1.35. The first-order valence-corrected chi connectivity index (χ1v) is 10.4. The minimum absolute atomic E-state index is 0.0231. The molecule has 156 valence electrons. The van der Waals surface area contributed by atoms with Gasteiger partial charge in [-0.1, -0.05) is 42.1 Å². The lowest BCUT2D eigenvalue weighted by Crippen LogP contribution is -2.25. The average molecular weight is 437 g/mol. The summed E-state index contributed by atoms with van der Waals surface area (Å²) in [4.78, 5) is 30.0. The van der Waals surface area contributed by atoms with Gasteiger partial charge in [-0.2, -0.15) is 0 Å². The third-order valence-electron chi connectivity index (χ3n) is 4.52. The number of carbonyl (C=O) groups excluding carboxylic acids is 1. The van der Waals surface area contributed by atoms with E-state index in [-0.39, 0.29) is 29.6 Å². The van der Waals surface area contributed by atoms with E-state index in [1.165, 1.54) is 34.9 Å². The maximum absolute atomic E-state index is 13.3. The van der Waals surface area contributed by atoms with E-state index in [0.29, 0.717) is 21.7 Å². The molecule has 0 aliphatic rings. The summed E-state index contributed by atoms with van der Waals surface area (Å²) < 4.78 is 28.0. The minimum atomic E-state index is -0.449. The number of amides is 1. The Bertz CT molecular complexity index is 1310. The van der Waals surface area contributed by atoms with Gasteiger partial charge in [0.15, 0.2) is 5.16 Å². The lowest BCUT2D eigenvalue weighted by atomic mass is 10.2. The number of nitrogens with one attached hydrogen (secondary N) is 1. The topological polar surface area (TPSA) is 64.0 Å². The molecule has 5 nitrogen and oxygen atoms in total. The zero-order chi connectivity index (χ0) is 21.8. The van der Waals surface area contributed by atoms with Crippen molar-refractivity contribution in [3.8, 4) is 0 Å². The monoisotopic (exact) mass is 437 g/mol. The van der Waals surface area contributed by atoms with Gasteiger partial charge in [-0.25, -0.2) is 13.8 Å². The molecule has 0 atom stereocenters. The van der Waals surface area contributed by atoms with Crippen LogP contribution in [0.2, 0.25) is 0 Å². The van der Waals surface area contributed by atoms with Crippen LogP contribution in [0.5, 0.6) is 0 Å². The Labute approximate surface area is 180 Å². The van der Waals surface area contributed by atoms with Crippen LogP contribution in [0.25, 0.3) is 10.9 Å². The van der Waals surface area contributed by atoms with Gasteiger partial charge in [-0.3, -0.25) is 14.2 Å². The highest BCUT2D eigenvalue weighted by molar-refractivity contribution is 7.99. The molecular formula is C23H17F2N3O2S. The fourth-order valence-corrected chi connectivity index (χ4v) is 3.86. The normalized spacial score (nSPS) is 10.9. The van der Waals surface area contributed by atoms with Gasteiger partial charge in [0, 0.05) is 5.69 Å². The lowest BCUT2D eigenvalue weighted by molar-refractivity contribution is -0.113. The largest absolute Gasteiger partial charge is 0.325 e. The number of anilines is 1. The Morgan fingerprint density at radius 2 is 1.74 bits per heavy atom. The first-order valence-electron chi connectivity index (χ1n) is 9.42. The summed E-state index contributed by atoms with van der Waals surface area (Å²) in [7, 11) is 0. The predicted molar refractivity (Wildman–Crippen MR) is 117 cm³/mol. The zero-order valence-electron chi connectivity index (χ0n) is 16.2. The number of aromatic nitrogens is 2. The fraction of sp³-hybridized carbons (Fsp3) is 0.0870. The first kappa shape index (κ1) is 20.7. The van der Waals surface area contributed by atoms with Crippen molar-refractivity contribution in [1.82, 2.24) is 9.55 Å². The number of benzene rings is 3. The molecule has 0 saturated heterocycles. The Kier molecular flexibility index (Phi) is 6.08. The number of fused-ring (bicyclic) bond motifs is 1. The summed E-state index contributed by atoms with van der Waals surface area (Å²) in [6.07, 6.45) is 0. The highest BCUT2D eigenvalue weighted by Crippen LogP contribution is 2.20. The van der Waals surface area contributed by atoms with Crippen molar-refractivity contribution in [2.45, 2.75) is 11.7 Å². The van der Waals surface area contributed by atoms with E-state index in [1.807, 2.05) is 0 Å². The van der Waals surface area contributed by atoms with Crippen molar-refractivity contribution in [3.05, 3.63) is 100 Å². The Morgan fingerprint density at radius 3 is 2.52 bits per heavy atom. The molecule has 0 radical (unpaired) electrons. The minimum Gasteiger partial charge on any atom is -0.325 e. The standard InChI is InChI=1S/C23H17F2N3O2S/c24-16-10-8-15(9-11-16)13-28-22(30)19-6-1-2-7-20(19)27-23(28)31-14-21(29)26-18-5-3-4-17(25)12-18/h1-12H,13-14H2,(H,26,29). The van der Waals surface area contributed by atoms with Crippen molar-refractivity contribution >= 4 is 34.3 Å². The number of hydrogen-bond donors (Lipinski definition) is 1. The maximum Gasteiger partial charge on any atom is 0.262 e. The molecule has 31 heavy (non-hydrogen) atoms. The van der Waals surface area contributed by atoms with Crippen LogP contribution in [0.3, 0.4) is 0 Å². The number of hydrogen-bond acceptors (Lipinski definition) is 4. The molecule has 3 aromatic carbocycles. The summed E-state index contributed by atoms with van der Waals surface area (Å²) in [6.45, 7) is 0.185. The Hall–Kier alpha value is -3.52. The third-order valence-corrected chi connectivity index (χ3v) is 5.50. The summed E-state index contributed by atoms with van der Waals surface area (Å²) in [5, 5.41) is 3.44. The fourth-order valence-electron chi connectivity index (χ4n) is 3.06. The van der Waals surface area contributed by atoms with Crippen molar-refractivity contribution in [1.29, 1.82) is 0 Å². The van der Waals surface area contributed by atoms with Crippen LogP contribution in [0.1, 0.15) is 5.56 Å². The van der Waals surface area contributed by atoms with Gasteiger partial charge in [0.25, 0.3) is 5.56 Å². The Morgan fingerprint density at radius 1 is 0.968 bits per heavy atom. The van der Waals surface area contributed by atoms with E-state index in [9.17, 15) is 18.4 Å². The molecule has 0 spiro atoms. The van der Waals surface area contributed by atoms with Crippen LogP contribution in [-0.4, -0.2) is 21.2 Å². The van der Waals surface area contributed by atoms with Gasteiger partial charge in [0.1, 0.15) is 11.6 Å². The summed E-state index contributed by atoms with van der Waals surface area (Å²) in [5.74, 6) is -1.19. The second-order valence-corrected chi connectivity index (χ2v) is 7.72. The number of nitrogens with zero attached hydrogens (tertiary/aromatic N) is 2. The third kappa shape index (κ3) is 4.97. The highest BCUT2D eigenvalue weighted by Gasteiger charge is 2.14. The molecule has 0 bridgehead atoms. The molecular weight excluding hydrogens is 420 g/mol. The van der Waals surface area contributed by atoms with Crippen LogP contribution in [0.4, 0.5) is 14.5 Å². The average Bonchev–Trinajstić information content (AvgIpc) is 2.76. The van der Waals surface area contributed by atoms with Gasteiger partial charge in [0.2, 0.25) is 5.91 Å². The second kappa shape index (κ2) is 9.09. The van der Waals surface area contributed by atoms with Crippen LogP contribution in [-0.2, 0) is 11.3 Å². The SMILES string of the molecule is O=C(CSc1nc2ccccc2c(=O)n1Cc1ccc(F)cc1)Nc1cccc(F)c1. The van der Waals surface area contributed by atoms with E-state index in [2.05, 4.69) is 10.3 Å². The van der Waals surface area contributed by atoms with E-state index >= 15 is 0 Å². The number of carbonyl (C=O) groups is 1. The van der Waals surface area contributed by atoms with Crippen LogP contribution in [0.15, 0.2) is 82.7 Å². The van der Waals surface area contributed by atoms with Gasteiger partial charge >= 0.3 is 0 Å². The van der Waals surface area contributed by atoms with Crippen molar-refractivity contribution < 1.29 is 13.6 Å². The van der Waals surface area contributed by atoms with Gasteiger partial charge < -0.3 is 5.32 Å². The first-order chi connectivity index (χ1) is 15.0. The molecule has 8 heteroatoms. The summed E-state index contributed by atoms with van der Waals surface area (Å²) >= 11 is 1.10. The van der Waals surface area contributed by atoms with Gasteiger partial charge in [-0.15, -0.1) is 0 Å². The number of halogens is 2. The molecule has 0 fully saturated rings. The van der Waals surface area contributed by atoms with Crippen molar-refractivity contribution in [2.24, 2.45) is 0 Å². The molecule has 1 N–H and O–H groups in total. The molecule has 0 unspecified atom stereocenters. The highest BCUT2D eigenvalue weighted by atomic mass is 32.2. The molecule has 0 saturated carbocycles. The summed E-state index contributed by atoms with van der Waals surface area (Å²) in [6, 6.07) is 18.4. The predicted octanol–water partition coefficient (Wildman–Crippen LogP) is 4.45. The van der Waals surface area contributed by atoms with Crippen molar-refractivity contribution in [3.63, 3.8) is 0 Å². The number of rotatable bonds is 6. The second-order valence-electron chi connectivity index (χ2n) is 6.78. The van der Waals surface area contributed by atoms with Crippen LogP contribution < -0.4 is 10.9 Å². The molecule has 1 heterocycles. The molecule has 4 aromatic rings. The Balaban J connectivity index is 1.61. The van der Waals surface area contributed by atoms with Gasteiger partial charge in [-0.05, 0) is 48.0 Å².